The summed E-state index contributed by atoms with van der Waals surface area (Å²) < 4.78 is 5.93. The van der Waals surface area contributed by atoms with Gasteiger partial charge in [0.15, 0.2) is 0 Å². The molecule has 2 rings (SSSR count). The molecule has 0 aromatic heterocycles. The van der Waals surface area contributed by atoms with Gasteiger partial charge < -0.3 is 15.2 Å². The van der Waals surface area contributed by atoms with Gasteiger partial charge in [0.1, 0.15) is 0 Å². The number of aliphatic hydroxyl groups excluding tert-OH is 1. The van der Waals surface area contributed by atoms with Crippen LogP contribution in [0.2, 0.25) is 0 Å². The molecule has 0 amide bonds. The van der Waals surface area contributed by atoms with Gasteiger partial charge in [0, 0.05) is 24.6 Å². The predicted octanol–water partition coefficient (Wildman–Crippen LogP) is 3.11. The zero-order valence-corrected chi connectivity index (χ0v) is 13.7. The maximum atomic E-state index is 10.2. The van der Waals surface area contributed by atoms with Crippen molar-refractivity contribution in [3.63, 3.8) is 0 Å². The Labute approximate surface area is 124 Å². The summed E-state index contributed by atoms with van der Waals surface area (Å²) in [6.07, 6.45) is 7.46. The molecular weight excluding hydrogens is 250 g/mol. The van der Waals surface area contributed by atoms with E-state index >= 15 is 0 Å². The van der Waals surface area contributed by atoms with E-state index in [1.807, 2.05) is 0 Å². The van der Waals surface area contributed by atoms with Crippen LogP contribution in [-0.4, -0.2) is 36.5 Å². The summed E-state index contributed by atoms with van der Waals surface area (Å²) in [6.45, 7) is 10.2. The van der Waals surface area contributed by atoms with Crippen molar-refractivity contribution < 1.29 is 9.84 Å². The first kappa shape index (κ1) is 16.3. The lowest BCUT2D eigenvalue weighted by Crippen LogP contribution is -2.63. The van der Waals surface area contributed by atoms with Crippen LogP contribution in [0, 0.1) is 10.8 Å². The first-order valence-electron chi connectivity index (χ1n) is 8.40. The number of rotatable bonds is 6. The SMILES string of the molecule is CCOC1CC(NCC(O)CC(C)(C)C)C12CCCC2. The van der Waals surface area contributed by atoms with Crippen LogP contribution in [-0.2, 0) is 4.74 Å². The van der Waals surface area contributed by atoms with Crippen LogP contribution in [0.15, 0.2) is 0 Å². The molecule has 0 heterocycles. The summed E-state index contributed by atoms with van der Waals surface area (Å²) in [5.41, 5.74) is 0.567. The highest BCUT2D eigenvalue weighted by atomic mass is 16.5. The van der Waals surface area contributed by atoms with Crippen molar-refractivity contribution in [2.24, 2.45) is 10.8 Å². The van der Waals surface area contributed by atoms with Crippen LogP contribution >= 0.6 is 0 Å². The van der Waals surface area contributed by atoms with E-state index in [4.69, 9.17) is 4.74 Å². The molecule has 3 nitrogen and oxygen atoms in total. The Kier molecular flexibility index (Phi) is 5.14. The number of ether oxygens (including phenoxy) is 1. The lowest BCUT2D eigenvalue weighted by Gasteiger charge is -2.54. The van der Waals surface area contributed by atoms with Gasteiger partial charge in [0.05, 0.1) is 12.2 Å². The zero-order valence-electron chi connectivity index (χ0n) is 13.7. The zero-order chi connectivity index (χ0) is 14.8. The van der Waals surface area contributed by atoms with Gasteiger partial charge in [-0.25, -0.2) is 0 Å². The van der Waals surface area contributed by atoms with Crippen molar-refractivity contribution in [1.82, 2.24) is 5.32 Å². The molecule has 1 spiro atoms. The summed E-state index contributed by atoms with van der Waals surface area (Å²) >= 11 is 0. The van der Waals surface area contributed by atoms with Crippen LogP contribution in [0.4, 0.5) is 0 Å². The van der Waals surface area contributed by atoms with Gasteiger partial charge in [0.25, 0.3) is 0 Å². The molecule has 20 heavy (non-hydrogen) atoms. The molecule has 0 aliphatic heterocycles. The summed E-state index contributed by atoms with van der Waals surface area (Å²) in [6, 6.07) is 0.552. The molecule has 2 N–H and O–H groups in total. The highest BCUT2D eigenvalue weighted by Gasteiger charge is 2.56. The quantitative estimate of drug-likeness (QED) is 0.787. The van der Waals surface area contributed by atoms with Gasteiger partial charge >= 0.3 is 0 Å². The molecule has 0 radical (unpaired) electrons. The molecule has 0 bridgehead atoms. The number of hydrogen-bond donors (Lipinski definition) is 2. The minimum atomic E-state index is -0.236. The molecule has 2 aliphatic carbocycles. The van der Waals surface area contributed by atoms with Crippen LogP contribution in [0.5, 0.6) is 0 Å². The third-order valence-electron chi connectivity index (χ3n) is 5.14. The first-order chi connectivity index (χ1) is 9.37. The van der Waals surface area contributed by atoms with Crippen molar-refractivity contribution in [1.29, 1.82) is 0 Å². The van der Waals surface area contributed by atoms with Crippen LogP contribution in [0.3, 0.4) is 0 Å². The van der Waals surface area contributed by atoms with Crippen molar-refractivity contribution in [3.05, 3.63) is 0 Å². The van der Waals surface area contributed by atoms with E-state index in [1.54, 1.807) is 0 Å². The number of nitrogens with one attached hydrogen (secondary N) is 1. The fourth-order valence-electron chi connectivity index (χ4n) is 4.23. The number of hydrogen-bond acceptors (Lipinski definition) is 3. The fourth-order valence-corrected chi connectivity index (χ4v) is 4.23. The largest absolute Gasteiger partial charge is 0.392 e. The summed E-state index contributed by atoms with van der Waals surface area (Å²) in [5.74, 6) is 0. The summed E-state index contributed by atoms with van der Waals surface area (Å²) in [4.78, 5) is 0. The second-order valence-electron chi connectivity index (χ2n) is 8.00. The monoisotopic (exact) mass is 283 g/mol. The van der Waals surface area contributed by atoms with E-state index in [2.05, 4.69) is 33.0 Å². The summed E-state index contributed by atoms with van der Waals surface area (Å²) in [7, 11) is 0. The van der Waals surface area contributed by atoms with E-state index in [0.717, 1.165) is 26.0 Å². The molecule has 2 aliphatic rings. The predicted molar refractivity (Wildman–Crippen MR) is 82.8 cm³/mol. The smallest absolute Gasteiger partial charge is 0.0669 e. The van der Waals surface area contributed by atoms with Gasteiger partial charge in [-0.2, -0.15) is 0 Å². The third-order valence-corrected chi connectivity index (χ3v) is 5.14. The van der Waals surface area contributed by atoms with Crippen molar-refractivity contribution >= 4 is 0 Å². The molecule has 3 heteroatoms. The maximum Gasteiger partial charge on any atom is 0.0669 e. The summed E-state index contributed by atoms with van der Waals surface area (Å²) in [5, 5.41) is 13.8. The second kappa shape index (κ2) is 6.33. The normalized spacial score (nSPS) is 30.4. The Morgan fingerprint density at radius 3 is 2.50 bits per heavy atom. The van der Waals surface area contributed by atoms with E-state index in [0.29, 0.717) is 17.6 Å². The molecule has 3 unspecified atom stereocenters. The van der Waals surface area contributed by atoms with Crippen LogP contribution in [0.25, 0.3) is 0 Å². The molecule has 2 fully saturated rings. The van der Waals surface area contributed by atoms with Gasteiger partial charge in [-0.3, -0.25) is 0 Å². The standard InChI is InChI=1S/C17H33NO2/c1-5-20-15-10-14(17(15)8-6-7-9-17)18-12-13(19)11-16(2,3)4/h13-15,18-19H,5-12H2,1-4H3. The van der Waals surface area contributed by atoms with Gasteiger partial charge in [-0.05, 0) is 38.0 Å². The van der Waals surface area contributed by atoms with Crippen molar-refractivity contribution in [2.75, 3.05) is 13.2 Å². The minimum Gasteiger partial charge on any atom is -0.392 e. The molecule has 2 saturated carbocycles. The average Bonchev–Trinajstić information content (AvgIpc) is 2.82. The lowest BCUT2D eigenvalue weighted by molar-refractivity contribution is -0.131. The highest BCUT2D eigenvalue weighted by Crippen LogP contribution is 2.54. The Bertz CT molecular complexity index is 305. The van der Waals surface area contributed by atoms with E-state index in [-0.39, 0.29) is 11.5 Å². The van der Waals surface area contributed by atoms with Crippen LogP contribution < -0.4 is 5.32 Å². The minimum absolute atomic E-state index is 0.194. The highest BCUT2D eigenvalue weighted by molar-refractivity contribution is 5.10. The van der Waals surface area contributed by atoms with Crippen molar-refractivity contribution in [2.45, 2.75) is 84.5 Å². The molecule has 118 valence electrons. The Morgan fingerprint density at radius 2 is 1.95 bits per heavy atom. The molecule has 0 aromatic carbocycles. The fraction of sp³-hybridized carbons (Fsp3) is 1.00. The van der Waals surface area contributed by atoms with E-state index in [9.17, 15) is 5.11 Å². The van der Waals surface area contributed by atoms with Crippen LogP contribution in [0.1, 0.15) is 66.2 Å². The van der Waals surface area contributed by atoms with E-state index in [1.165, 1.54) is 25.7 Å². The second-order valence-corrected chi connectivity index (χ2v) is 8.00. The number of aliphatic hydroxyl groups is 1. The Morgan fingerprint density at radius 1 is 1.30 bits per heavy atom. The maximum absolute atomic E-state index is 10.2. The Balaban J connectivity index is 1.81. The molecule has 3 atom stereocenters. The van der Waals surface area contributed by atoms with Gasteiger partial charge in [0.2, 0.25) is 0 Å². The average molecular weight is 283 g/mol. The lowest BCUT2D eigenvalue weighted by atomic mass is 9.60. The molecular formula is C17H33NO2. The van der Waals surface area contributed by atoms with Gasteiger partial charge in [-0.15, -0.1) is 0 Å². The Hall–Kier alpha value is -0.120. The van der Waals surface area contributed by atoms with E-state index < -0.39 is 0 Å². The molecule has 0 aromatic rings. The topological polar surface area (TPSA) is 41.5 Å². The first-order valence-corrected chi connectivity index (χ1v) is 8.40. The molecule has 0 saturated heterocycles. The third kappa shape index (κ3) is 3.55. The van der Waals surface area contributed by atoms with Gasteiger partial charge in [-0.1, -0.05) is 33.6 Å². The van der Waals surface area contributed by atoms with Crippen molar-refractivity contribution in [3.8, 4) is 0 Å².